The van der Waals surface area contributed by atoms with Crippen molar-refractivity contribution in [2.75, 3.05) is 19.6 Å². The fourth-order valence-electron chi connectivity index (χ4n) is 3.88. The predicted octanol–water partition coefficient (Wildman–Crippen LogP) is 4.91. The van der Waals surface area contributed by atoms with Crippen molar-refractivity contribution in [1.82, 2.24) is 19.8 Å². The molecule has 2 aromatic carbocycles. The number of aromatic nitrogens is 2. The van der Waals surface area contributed by atoms with Gasteiger partial charge < -0.3 is 14.8 Å². The molecule has 0 saturated carbocycles. The van der Waals surface area contributed by atoms with Gasteiger partial charge in [-0.05, 0) is 48.2 Å². The number of hydrogen-bond donors (Lipinski definition) is 1. The lowest BCUT2D eigenvalue weighted by atomic mass is 10.1. The van der Waals surface area contributed by atoms with Gasteiger partial charge in [-0.3, -0.25) is 9.59 Å². The van der Waals surface area contributed by atoms with E-state index in [2.05, 4.69) is 48.9 Å². The number of carbonyl (C=O) groups is 2. The average Bonchev–Trinajstić information content (AvgIpc) is 3.10. The summed E-state index contributed by atoms with van der Waals surface area (Å²) in [7, 11) is 0. The molecule has 0 aliphatic carbocycles. The second-order valence-corrected chi connectivity index (χ2v) is 10.1. The van der Waals surface area contributed by atoms with Crippen molar-refractivity contribution in [2.24, 2.45) is 11.8 Å². The highest BCUT2D eigenvalue weighted by molar-refractivity contribution is 9.10. The van der Waals surface area contributed by atoms with E-state index < -0.39 is 0 Å². The van der Waals surface area contributed by atoms with Crippen molar-refractivity contribution < 1.29 is 9.59 Å². The van der Waals surface area contributed by atoms with Crippen molar-refractivity contribution >= 4 is 38.8 Å². The summed E-state index contributed by atoms with van der Waals surface area (Å²) in [5.41, 5.74) is 2.41. The summed E-state index contributed by atoms with van der Waals surface area (Å²) in [6.45, 7) is 10.7. The van der Waals surface area contributed by atoms with Crippen molar-refractivity contribution in [2.45, 2.75) is 40.7 Å². The fraction of sp³-hybridized carbons (Fsp3) is 0.423. The molecule has 3 rings (SSSR count). The van der Waals surface area contributed by atoms with Crippen LogP contribution in [0.15, 0.2) is 53.0 Å². The van der Waals surface area contributed by atoms with Crippen LogP contribution in [0, 0.1) is 11.8 Å². The number of fused-ring (bicyclic) bond motifs is 1. The Labute approximate surface area is 204 Å². The standard InChI is InChI=1S/C26H33BrN4O2/c1-18(2)15-30(16-19(3)4)25(32)17-31-23-8-6-5-7-22(23)29-24(31)13-14-28-26(33)20-9-11-21(27)12-10-20/h5-12,18-19H,13-17H2,1-4H3,(H,28,33). The molecule has 0 spiro atoms. The van der Waals surface area contributed by atoms with Gasteiger partial charge >= 0.3 is 0 Å². The topological polar surface area (TPSA) is 67.2 Å². The zero-order valence-corrected chi connectivity index (χ0v) is 21.4. The normalized spacial score (nSPS) is 11.4. The fourth-order valence-corrected chi connectivity index (χ4v) is 4.14. The van der Waals surface area contributed by atoms with Crippen molar-refractivity contribution in [1.29, 1.82) is 0 Å². The van der Waals surface area contributed by atoms with Crippen molar-refractivity contribution in [3.63, 3.8) is 0 Å². The van der Waals surface area contributed by atoms with E-state index in [1.807, 2.05) is 45.9 Å². The Balaban J connectivity index is 1.75. The monoisotopic (exact) mass is 512 g/mol. The second kappa shape index (κ2) is 11.5. The summed E-state index contributed by atoms with van der Waals surface area (Å²) < 4.78 is 2.93. The maximum absolute atomic E-state index is 13.3. The third-order valence-corrected chi connectivity index (χ3v) is 5.82. The minimum absolute atomic E-state index is 0.0979. The number of halogens is 1. The first-order valence-corrected chi connectivity index (χ1v) is 12.3. The molecule has 0 saturated heterocycles. The Kier molecular flexibility index (Phi) is 8.67. The summed E-state index contributed by atoms with van der Waals surface area (Å²) in [6, 6.07) is 15.1. The molecule has 7 heteroatoms. The summed E-state index contributed by atoms with van der Waals surface area (Å²) in [5.74, 6) is 1.58. The molecular weight excluding hydrogens is 480 g/mol. The Morgan fingerprint density at radius 2 is 1.64 bits per heavy atom. The van der Waals surface area contributed by atoms with Gasteiger partial charge in [-0.25, -0.2) is 4.98 Å². The van der Waals surface area contributed by atoms with Gasteiger partial charge in [0.15, 0.2) is 0 Å². The molecular formula is C26H33BrN4O2. The molecule has 2 amide bonds. The smallest absolute Gasteiger partial charge is 0.251 e. The molecule has 33 heavy (non-hydrogen) atoms. The number of benzene rings is 2. The van der Waals surface area contributed by atoms with Crippen molar-refractivity contribution in [3.05, 3.63) is 64.4 Å². The largest absolute Gasteiger partial charge is 0.352 e. The van der Waals surface area contributed by atoms with Crippen LogP contribution >= 0.6 is 15.9 Å². The molecule has 1 aromatic heterocycles. The minimum atomic E-state index is -0.124. The van der Waals surface area contributed by atoms with E-state index in [0.29, 0.717) is 30.4 Å². The lowest BCUT2D eigenvalue weighted by Gasteiger charge is -2.27. The highest BCUT2D eigenvalue weighted by atomic mass is 79.9. The molecule has 6 nitrogen and oxygen atoms in total. The van der Waals surface area contributed by atoms with Gasteiger partial charge in [0.2, 0.25) is 5.91 Å². The van der Waals surface area contributed by atoms with Gasteiger partial charge in [0.05, 0.1) is 11.0 Å². The first kappa shape index (κ1) is 25.0. The van der Waals surface area contributed by atoms with E-state index in [1.165, 1.54) is 0 Å². The maximum atomic E-state index is 13.3. The molecule has 0 bridgehead atoms. The number of amides is 2. The second-order valence-electron chi connectivity index (χ2n) is 9.20. The Hall–Kier alpha value is -2.67. The highest BCUT2D eigenvalue weighted by Crippen LogP contribution is 2.18. The SMILES string of the molecule is CC(C)CN(CC(C)C)C(=O)Cn1c(CCNC(=O)c2ccc(Br)cc2)nc2ccccc21. The lowest BCUT2D eigenvalue weighted by Crippen LogP contribution is -2.39. The Morgan fingerprint density at radius 3 is 2.27 bits per heavy atom. The van der Waals surface area contributed by atoms with E-state index in [0.717, 1.165) is 34.4 Å². The van der Waals surface area contributed by atoms with E-state index in [9.17, 15) is 9.59 Å². The molecule has 1 N–H and O–H groups in total. The average molecular weight is 513 g/mol. The van der Waals surface area contributed by atoms with Crippen LogP contribution in [0.5, 0.6) is 0 Å². The van der Waals surface area contributed by atoms with Gasteiger partial charge in [-0.1, -0.05) is 55.8 Å². The molecule has 0 unspecified atom stereocenters. The van der Waals surface area contributed by atoms with Gasteiger partial charge in [0, 0.05) is 36.1 Å². The third-order valence-electron chi connectivity index (χ3n) is 5.29. The number of rotatable bonds is 10. The van der Waals surface area contributed by atoms with Crippen LogP contribution in [0.4, 0.5) is 0 Å². The van der Waals surface area contributed by atoms with Crippen LogP contribution in [0.2, 0.25) is 0 Å². The molecule has 0 radical (unpaired) electrons. The van der Waals surface area contributed by atoms with E-state index in [-0.39, 0.29) is 18.4 Å². The summed E-state index contributed by atoms with van der Waals surface area (Å²) in [6.07, 6.45) is 0.540. The van der Waals surface area contributed by atoms with Crippen LogP contribution < -0.4 is 5.32 Å². The predicted molar refractivity (Wildman–Crippen MR) is 136 cm³/mol. The van der Waals surface area contributed by atoms with Gasteiger partial charge in [0.1, 0.15) is 12.4 Å². The van der Waals surface area contributed by atoms with Crippen LogP contribution in [0.25, 0.3) is 11.0 Å². The molecule has 0 atom stereocenters. The van der Waals surface area contributed by atoms with E-state index >= 15 is 0 Å². The van der Waals surface area contributed by atoms with Gasteiger partial charge in [-0.2, -0.15) is 0 Å². The number of para-hydroxylation sites is 2. The number of imidazole rings is 1. The van der Waals surface area contributed by atoms with E-state index in [4.69, 9.17) is 4.98 Å². The molecule has 0 aliphatic heterocycles. The molecule has 1 heterocycles. The maximum Gasteiger partial charge on any atom is 0.251 e. The Morgan fingerprint density at radius 1 is 1.00 bits per heavy atom. The minimum Gasteiger partial charge on any atom is -0.352 e. The van der Waals surface area contributed by atoms with E-state index in [1.54, 1.807) is 12.1 Å². The summed E-state index contributed by atoms with van der Waals surface area (Å²) in [4.78, 5) is 32.5. The van der Waals surface area contributed by atoms with Crippen LogP contribution in [0.1, 0.15) is 43.9 Å². The highest BCUT2D eigenvalue weighted by Gasteiger charge is 2.20. The molecule has 0 aliphatic rings. The number of hydrogen-bond acceptors (Lipinski definition) is 3. The first-order valence-electron chi connectivity index (χ1n) is 11.5. The van der Waals surface area contributed by atoms with Crippen molar-refractivity contribution in [3.8, 4) is 0 Å². The summed E-state index contributed by atoms with van der Waals surface area (Å²) in [5, 5.41) is 2.96. The quantitative estimate of drug-likeness (QED) is 0.419. The lowest BCUT2D eigenvalue weighted by molar-refractivity contribution is -0.132. The zero-order valence-electron chi connectivity index (χ0n) is 19.8. The van der Waals surface area contributed by atoms with Crippen LogP contribution in [-0.2, 0) is 17.8 Å². The molecule has 3 aromatic rings. The first-order chi connectivity index (χ1) is 15.7. The number of carbonyl (C=O) groups excluding carboxylic acids is 2. The zero-order chi connectivity index (χ0) is 24.0. The Bertz CT molecular complexity index is 1080. The van der Waals surface area contributed by atoms with Crippen LogP contribution in [0.3, 0.4) is 0 Å². The van der Waals surface area contributed by atoms with Gasteiger partial charge in [-0.15, -0.1) is 0 Å². The van der Waals surface area contributed by atoms with Crippen LogP contribution in [-0.4, -0.2) is 45.9 Å². The van der Waals surface area contributed by atoms with Gasteiger partial charge in [0.25, 0.3) is 5.91 Å². The number of nitrogens with one attached hydrogen (secondary N) is 1. The molecule has 176 valence electrons. The summed E-state index contributed by atoms with van der Waals surface area (Å²) >= 11 is 3.38. The third kappa shape index (κ3) is 6.90. The molecule has 0 fully saturated rings. The number of nitrogens with zero attached hydrogens (tertiary/aromatic N) is 3.